The fourth-order valence-electron chi connectivity index (χ4n) is 1.60. The molecule has 4 nitrogen and oxygen atoms in total. The van der Waals surface area contributed by atoms with Gasteiger partial charge in [-0.25, -0.2) is 0 Å². The molecule has 1 aliphatic heterocycles. The van der Waals surface area contributed by atoms with Gasteiger partial charge in [0.05, 0.1) is 5.02 Å². The summed E-state index contributed by atoms with van der Waals surface area (Å²) in [5, 5.41) is 9.13. The Labute approximate surface area is 97.7 Å². The van der Waals surface area contributed by atoms with Crippen LogP contribution in [0.4, 0.5) is 0 Å². The summed E-state index contributed by atoms with van der Waals surface area (Å²) in [4.78, 5) is 10.5. The van der Waals surface area contributed by atoms with E-state index in [9.17, 15) is 4.79 Å². The van der Waals surface area contributed by atoms with Gasteiger partial charge in [-0.1, -0.05) is 17.7 Å². The average Bonchev–Trinajstić information content (AvgIpc) is 2.28. The first-order valence-electron chi connectivity index (χ1n) is 4.97. The Morgan fingerprint density at radius 1 is 1.31 bits per heavy atom. The van der Waals surface area contributed by atoms with Crippen molar-refractivity contribution in [2.75, 3.05) is 13.2 Å². The Kier molecular flexibility index (Phi) is 3.19. The normalized spacial score (nSPS) is 13.6. The van der Waals surface area contributed by atoms with Crippen molar-refractivity contribution in [3.05, 3.63) is 22.7 Å². The number of carboxylic acid groups (broad SMARTS) is 1. The van der Waals surface area contributed by atoms with E-state index in [-0.39, 0.29) is 6.42 Å². The smallest absolute Gasteiger partial charge is 0.303 e. The standard InChI is InChI=1S/C11H11ClO4/c12-8-3-1-7(2-4-9(13)14)10-11(8)16-6-5-15-10/h1,3H,2,4-6H2,(H,13,14). The lowest BCUT2D eigenvalue weighted by atomic mass is 10.1. The van der Waals surface area contributed by atoms with E-state index in [1.807, 2.05) is 0 Å². The molecule has 1 aromatic rings. The Balaban J connectivity index is 2.28. The molecule has 16 heavy (non-hydrogen) atoms. The second-order valence-electron chi connectivity index (χ2n) is 3.46. The Bertz CT molecular complexity index is 417. The molecule has 0 bridgehead atoms. The largest absolute Gasteiger partial charge is 0.486 e. The van der Waals surface area contributed by atoms with E-state index < -0.39 is 5.97 Å². The van der Waals surface area contributed by atoms with Crippen LogP contribution in [0.1, 0.15) is 12.0 Å². The number of benzene rings is 1. The van der Waals surface area contributed by atoms with Crippen molar-refractivity contribution < 1.29 is 19.4 Å². The molecule has 0 aliphatic carbocycles. The number of carbonyl (C=O) groups is 1. The molecule has 1 heterocycles. The first kappa shape index (κ1) is 11.1. The van der Waals surface area contributed by atoms with Crippen molar-refractivity contribution in [3.63, 3.8) is 0 Å². The third kappa shape index (κ3) is 2.22. The Morgan fingerprint density at radius 2 is 2.00 bits per heavy atom. The molecule has 1 N–H and O–H groups in total. The first-order chi connectivity index (χ1) is 7.68. The van der Waals surface area contributed by atoms with Crippen LogP contribution in [0, 0.1) is 0 Å². The summed E-state index contributed by atoms with van der Waals surface area (Å²) in [5.74, 6) is 0.274. The monoisotopic (exact) mass is 242 g/mol. The van der Waals surface area contributed by atoms with Crippen LogP contribution in [0.15, 0.2) is 12.1 Å². The summed E-state index contributed by atoms with van der Waals surface area (Å²) >= 11 is 5.96. The minimum absolute atomic E-state index is 0.0669. The fraction of sp³-hybridized carbons (Fsp3) is 0.364. The van der Waals surface area contributed by atoms with E-state index in [0.29, 0.717) is 36.2 Å². The number of carboxylic acids is 1. The van der Waals surface area contributed by atoms with Crippen LogP contribution in [0.25, 0.3) is 0 Å². The maximum atomic E-state index is 10.5. The zero-order chi connectivity index (χ0) is 11.5. The van der Waals surface area contributed by atoms with Crippen LogP contribution < -0.4 is 9.47 Å². The molecule has 0 amide bonds. The third-order valence-electron chi connectivity index (χ3n) is 2.33. The lowest BCUT2D eigenvalue weighted by molar-refractivity contribution is -0.136. The van der Waals surface area contributed by atoms with Crippen molar-refractivity contribution >= 4 is 17.6 Å². The predicted molar refractivity (Wildman–Crippen MR) is 58.4 cm³/mol. The number of aliphatic carboxylic acids is 1. The number of halogens is 1. The number of hydrogen-bond acceptors (Lipinski definition) is 3. The molecule has 0 saturated heterocycles. The minimum Gasteiger partial charge on any atom is -0.486 e. The zero-order valence-corrected chi connectivity index (χ0v) is 9.29. The maximum absolute atomic E-state index is 10.5. The second-order valence-corrected chi connectivity index (χ2v) is 3.86. The molecule has 0 spiro atoms. The number of aryl methyl sites for hydroxylation is 1. The highest BCUT2D eigenvalue weighted by Crippen LogP contribution is 2.40. The molecular formula is C11H11ClO4. The maximum Gasteiger partial charge on any atom is 0.303 e. The van der Waals surface area contributed by atoms with Crippen molar-refractivity contribution in [1.29, 1.82) is 0 Å². The summed E-state index contributed by atoms with van der Waals surface area (Å²) in [6.07, 6.45) is 0.482. The molecule has 0 fully saturated rings. The van der Waals surface area contributed by atoms with E-state index in [2.05, 4.69) is 0 Å². The van der Waals surface area contributed by atoms with Crippen molar-refractivity contribution in [1.82, 2.24) is 0 Å². The molecule has 1 aromatic carbocycles. The van der Waals surface area contributed by atoms with Crippen LogP contribution in [-0.4, -0.2) is 24.3 Å². The summed E-state index contributed by atoms with van der Waals surface area (Å²) in [5.41, 5.74) is 0.821. The molecular weight excluding hydrogens is 232 g/mol. The molecule has 0 radical (unpaired) electrons. The quantitative estimate of drug-likeness (QED) is 0.882. The Morgan fingerprint density at radius 3 is 2.69 bits per heavy atom. The summed E-state index contributed by atoms with van der Waals surface area (Å²) in [6.45, 7) is 0.933. The van der Waals surface area contributed by atoms with Crippen LogP contribution in [0.3, 0.4) is 0 Å². The Hall–Kier alpha value is -1.42. The summed E-state index contributed by atoms with van der Waals surface area (Å²) in [7, 11) is 0. The highest BCUT2D eigenvalue weighted by Gasteiger charge is 2.19. The lowest BCUT2D eigenvalue weighted by Gasteiger charge is -2.21. The molecule has 2 rings (SSSR count). The first-order valence-corrected chi connectivity index (χ1v) is 5.35. The van der Waals surface area contributed by atoms with Gasteiger partial charge in [-0.3, -0.25) is 4.79 Å². The molecule has 1 aliphatic rings. The SMILES string of the molecule is O=C(O)CCc1ccc(Cl)c2c1OCCO2. The summed E-state index contributed by atoms with van der Waals surface area (Å²) in [6, 6.07) is 3.48. The predicted octanol–water partition coefficient (Wildman–Crippen LogP) is 2.13. The van der Waals surface area contributed by atoms with Crippen LogP contribution in [0.2, 0.25) is 5.02 Å². The molecule has 0 atom stereocenters. The number of ether oxygens (including phenoxy) is 2. The average molecular weight is 243 g/mol. The van der Waals surface area contributed by atoms with Crippen molar-refractivity contribution in [2.24, 2.45) is 0 Å². The molecule has 0 unspecified atom stereocenters. The van der Waals surface area contributed by atoms with Gasteiger partial charge < -0.3 is 14.6 Å². The van der Waals surface area contributed by atoms with Crippen molar-refractivity contribution in [2.45, 2.75) is 12.8 Å². The van der Waals surface area contributed by atoms with Gasteiger partial charge in [0.1, 0.15) is 13.2 Å². The van der Waals surface area contributed by atoms with E-state index in [1.165, 1.54) is 0 Å². The van der Waals surface area contributed by atoms with Gasteiger partial charge in [-0.15, -0.1) is 0 Å². The minimum atomic E-state index is -0.833. The van der Waals surface area contributed by atoms with Gasteiger partial charge in [-0.2, -0.15) is 0 Å². The molecule has 0 saturated carbocycles. The van der Waals surface area contributed by atoms with Crippen LogP contribution in [-0.2, 0) is 11.2 Å². The van der Waals surface area contributed by atoms with E-state index >= 15 is 0 Å². The summed E-state index contributed by atoms with van der Waals surface area (Å²) < 4.78 is 10.9. The van der Waals surface area contributed by atoms with Crippen LogP contribution in [0.5, 0.6) is 11.5 Å². The highest BCUT2D eigenvalue weighted by atomic mass is 35.5. The fourth-order valence-corrected chi connectivity index (χ4v) is 1.80. The number of rotatable bonds is 3. The van der Waals surface area contributed by atoms with Gasteiger partial charge in [0.25, 0.3) is 0 Å². The lowest BCUT2D eigenvalue weighted by Crippen LogP contribution is -2.17. The van der Waals surface area contributed by atoms with Gasteiger partial charge in [0.2, 0.25) is 0 Å². The van der Waals surface area contributed by atoms with E-state index in [1.54, 1.807) is 12.1 Å². The van der Waals surface area contributed by atoms with Gasteiger partial charge in [-0.05, 0) is 18.1 Å². The van der Waals surface area contributed by atoms with Gasteiger partial charge in [0.15, 0.2) is 11.5 Å². The van der Waals surface area contributed by atoms with E-state index in [4.69, 9.17) is 26.2 Å². The number of hydrogen-bond donors (Lipinski definition) is 1. The number of fused-ring (bicyclic) bond motifs is 1. The zero-order valence-electron chi connectivity index (χ0n) is 8.53. The van der Waals surface area contributed by atoms with E-state index in [0.717, 1.165) is 5.56 Å². The second kappa shape index (κ2) is 4.61. The van der Waals surface area contributed by atoms with Gasteiger partial charge >= 0.3 is 5.97 Å². The molecule has 0 aromatic heterocycles. The van der Waals surface area contributed by atoms with Crippen molar-refractivity contribution in [3.8, 4) is 11.5 Å². The third-order valence-corrected chi connectivity index (χ3v) is 2.63. The highest BCUT2D eigenvalue weighted by molar-refractivity contribution is 6.32. The van der Waals surface area contributed by atoms with Gasteiger partial charge in [0, 0.05) is 6.42 Å². The van der Waals surface area contributed by atoms with Crippen LogP contribution >= 0.6 is 11.6 Å². The molecule has 5 heteroatoms. The molecule has 86 valence electrons. The topological polar surface area (TPSA) is 55.8 Å².